The molecule has 3 heterocycles. The van der Waals surface area contributed by atoms with Crippen LogP contribution in [0.4, 0.5) is 0 Å². The van der Waals surface area contributed by atoms with Gasteiger partial charge in [-0.2, -0.15) is 0 Å². The molecule has 94 valence electrons. The lowest BCUT2D eigenvalue weighted by Gasteiger charge is -2.20. The molecular formula is C14H18N4. The molecule has 2 aromatic rings. The summed E-state index contributed by atoms with van der Waals surface area (Å²) in [6.07, 6.45) is 4.25. The van der Waals surface area contributed by atoms with Crippen molar-refractivity contribution in [2.45, 2.75) is 25.7 Å². The minimum Gasteiger partial charge on any atom is -0.345 e. The van der Waals surface area contributed by atoms with Crippen molar-refractivity contribution in [3.63, 3.8) is 0 Å². The van der Waals surface area contributed by atoms with E-state index in [9.17, 15) is 0 Å². The Morgan fingerprint density at radius 3 is 3.00 bits per heavy atom. The van der Waals surface area contributed by atoms with Gasteiger partial charge in [-0.1, -0.05) is 6.07 Å². The second-order valence-electron chi connectivity index (χ2n) is 4.85. The summed E-state index contributed by atoms with van der Waals surface area (Å²) >= 11 is 0. The maximum absolute atomic E-state index is 4.75. The minimum atomic E-state index is 0.509. The Balaban J connectivity index is 1.91. The number of H-pyrrole nitrogens is 1. The van der Waals surface area contributed by atoms with Crippen LogP contribution in [-0.2, 0) is 0 Å². The van der Waals surface area contributed by atoms with E-state index in [0.717, 1.165) is 36.0 Å². The van der Waals surface area contributed by atoms with Gasteiger partial charge in [-0.3, -0.25) is 4.98 Å². The molecule has 0 bridgehead atoms. The number of hydrogen-bond donors (Lipinski definition) is 2. The van der Waals surface area contributed by atoms with E-state index < -0.39 is 0 Å². The highest BCUT2D eigenvalue weighted by molar-refractivity contribution is 5.57. The number of piperidine rings is 1. The Morgan fingerprint density at radius 2 is 2.28 bits per heavy atom. The third kappa shape index (κ3) is 2.16. The molecular weight excluding hydrogens is 224 g/mol. The van der Waals surface area contributed by atoms with Gasteiger partial charge >= 0.3 is 0 Å². The fraction of sp³-hybridized carbons (Fsp3) is 0.429. The lowest BCUT2D eigenvalue weighted by molar-refractivity contribution is 0.448. The van der Waals surface area contributed by atoms with Crippen molar-refractivity contribution >= 4 is 0 Å². The highest BCUT2D eigenvalue weighted by Crippen LogP contribution is 2.25. The van der Waals surface area contributed by atoms with Gasteiger partial charge in [0.15, 0.2) is 0 Å². The van der Waals surface area contributed by atoms with Crippen LogP contribution in [0, 0.1) is 6.92 Å². The summed E-state index contributed by atoms with van der Waals surface area (Å²) in [7, 11) is 0. The Morgan fingerprint density at radius 1 is 1.33 bits per heavy atom. The van der Waals surface area contributed by atoms with Crippen molar-refractivity contribution in [2.24, 2.45) is 0 Å². The Hall–Kier alpha value is -1.68. The summed E-state index contributed by atoms with van der Waals surface area (Å²) in [5, 5.41) is 3.43. The van der Waals surface area contributed by atoms with E-state index in [4.69, 9.17) is 4.98 Å². The van der Waals surface area contributed by atoms with Gasteiger partial charge in [0.1, 0.15) is 11.5 Å². The molecule has 4 nitrogen and oxygen atoms in total. The van der Waals surface area contributed by atoms with Crippen LogP contribution in [0.15, 0.2) is 24.4 Å². The number of aryl methyl sites for hydroxylation is 1. The third-order valence-electron chi connectivity index (χ3n) is 3.49. The van der Waals surface area contributed by atoms with Crippen molar-refractivity contribution in [1.82, 2.24) is 20.3 Å². The maximum Gasteiger partial charge on any atom is 0.111 e. The van der Waals surface area contributed by atoms with Crippen molar-refractivity contribution in [2.75, 3.05) is 13.1 Å². The number of aromatic amines is 1. The number of hydrogen-bond acceptors (Lipinski definition) is 3. The highest BCUT2D eigenvalue weighted by Gasteiger charge is 2.20. The van der Waals surface area contributed by atoms with Crippen molar-refractivity contribution in [1.29, 1.82) is 0 Å². The first-order chi connectivity index (χ1) is 8.84. The molecule has 2 N–H and O–H groups in total. The van der Waals surface area contributed by atoms with E-state index in [1.165, 1.54) is 12.8 Å². The van der Waals surface area contributed by atoms with E-state index in [0.29, 0.717) is 5.92 Å². The van der Waals surface area contributed by atoms with Crippen LogP contribution in [0.1, 0.15) is 30.3 Å². The molecule has 1 atom stereocenters. The predicted molar refractivity (Wildman–Crippen MR) is 71.4 cm³/mol. The summed E-state index contributed by atoms with van der Waals surface area (Å²) in [5.41, 5.74) is 3.03. The Labute approximate surface area is 107 Å². The molecule has 1 aliphatic rings. The second kappa shape index (κ2) is 4.90. The van der Waals surface area contributed by atoms with Crippen molar-refractivity contribution in [3.05, 3.63) is 35.9 Å². The number of imidazole rings is 1. The topological polar surface area (TPSA) is 53.6 Å². The van der Waals surface area contributed by atoms with Crippen LogP contribution in [0.5, 0.6) is 0 Å². The fourth-order valence-electron chi connectivity index (χ4n) is 2.51. The molecule has 1 aliphatic heterocycles. The third-order valence-corrected chi connectivity index (χ3v) is 3.49. The van der Waals surface area contributed by atoms with Crippen LogP contribution in [-0.4, -0.2) is 28.0 Å². The number of pyridine rings is 1. The van der Waals surface area contributed by atoms with Crippen LogP contribution in [0.25, 0.3) is 11.4 Å². The summed E-state index contributed by atoms with van der Waals surface area (Å²) in [6.45, 7) is 4.22. The van der Waals surface area contributed by atoms with Crippen LogP contribution in [0.2, 0.25) is 0 Å². The van der Waals surface area contributed by atoms with E-state index >= 15 is 0 Å². The van der Waals surface area contributed by atoms with Crippen molar-refractivity contribution < 1.29 is 0 Å². The predicted octanol–water partition coefficient (Wildman–Crippen LogP) is 2.25. The normalized spacial score (nSPS) is 19.9. The Kier molecular flexibility index (Phi) is 3.11. The summed E-state index contributed by atoms with van der Waals surface area (Å²) in [4.78, 5) is 12.5. The standard InChI is InChI=1S/C14H18N4/c1-10-13(12-6-2-3-8-16-12)18-14(17-10)11-5-4-7-15-9-11/h2-3,6,8,11,15H,4-5,7,9H2,1H3,(H,17,18). The number of nitrogens with zero attached hydrogens (tertiary/aromatic N) is 2. The maximum atomic E-state index is 4.75. The molecule has 2 aromatic heterocycles. The minimum absolute atomic E-state index is 0.509. The summed E-state index contributed by atoms with van der Waals surface area (Å²) in [6, 6.07) is 5.93. The lowest BCUT2D eigenvalue weighted by Crippen LogP contribution is -2.28. The van der Waals surface area contributed by atoms with Gasteiger partial charge in [-0.15, -0.1) is 0 Å². The van der Waals surface area contributed by atoms with Gasteiger partial charge in [0.05, 0.1) is 5.69 Å². The second-order valence-corrected chi connectivity index (χ2v) is 4.85. The summed E-state index contributed by atoms with van der Waals surface area (Å²) < 4.78 is 0. The molecule has 1 unspecified atom stereocenters. The monoisotopic (exact) mass is 242 g/mol. The average Bonchev–Trinajstić information content (AvgIpc) is 2.83. The van der Waals surface area contributed by atoms with Crippen LogP contribution in [0.3, 0.4) is 0 Å². The first-order valence-corrected chi connectivity index (χ1v) is 6.53. The average molecular weight is 242 g/mol. The lowest BCUT2D eigenvalue weighted by atomic mass is 9.99. The summed E-state index contributed by atoms with van der Waals surface area (Å²) in [5.74, 6) is 1.61. The van der Waals surface area contributed by atoms with Gasteiger partial charge < -0.3 is 10.3 Å². The SMILES string of the molecule is Cc1[nH]c(C2CCCNC2)nc1-c1ccccn1. The van der Waals surface area contributed by atoms with E-state index in [1.807, 2.05) is 24.4 Å². The highest BCUT2D eigenvalue weighted by atomic mass is 15.0. The molecule has 18 heavy (non-hydrogen) atoms. The van der Waals surface area contributed by atoms with Gasteiger partial charge in [0, 0.05) is 24.4 Å². The van der Waals surface area contributed by atoms with Crippen LogP contribution >= 0.6 is 0 Å². The molecule has 0 spiro atoms. The van der Waals surface area contributed by atoms with Gasteiger partial charge in [-0.25, -0.2) is 4.98 Å². The quantitative estimate of drug-likeness (QED) is 0.849. The molecule has 1 saturated heterocycles. The molecule has 4 heteroatoms. The van der Waals surface area contributed by atoms with Crippen LogP contribution < -0.4 is 5.32 Å². The molecule has 0 saturated carbocycles. The van der Waals surface area contributed by atoms with Gasteiger partial charge in [0.2, 0.25) is 0 Å². The largest absolute Gasteiger partial charge is 0.345 e. The molecule has 0 amide bonds. The zero-order valence-corrected chi connectivity index (χ0v) is 10.6. The molecule has 0 aliphatic carbocycles. The first kappa shape index (κ1) is 11.4. The molecule has 0 aromatic carbocycles. The first-order valence-electron chi connectivity index (χ1n) is 6.53. The van der Waals surface area contributed by atoms with Crippen molar-refractivity contribution in [3.8, 4) is 11.4 Å². The smallest absolute Gasteiger partial charge is 0.111 e. The number of aromatic nitrogens is 3. The van der Waals surface area contributed by atoms with E-state index in [-0.39, 0.29) is 0 Å². The number of rotatable bonds is 2. The van der Waals surface area contributed by atoms with E-state index in [2.05, 4.69) is 22.2 Å². The van der Waals surface area contributed by atoms with E-state index in [1.54, 1.807) is 0 Å². The van der Waals surface area contributed by atoms with Gasteiger partial charge in [0.25, 0.3) is 0 Å². The molecule has 1 fully saturated rings. The van der Waals surface area contributed by atoms with Gasteiger partial charge in [-0.05, 0) is 38.4 Å². The number of nitrogens with one attached hydrogen (secondary N) is 2. The zero-order chi connectivity index (χ0) is 12.4. The Bertz CT molecular complexity index is 512. The molecule has 3 rings (SSSR count). The zero-order valence-electron chi connectivity index (χ0n) is 10.6. The fourth-order valence-corrected chi connectivity index (χ4v) is 2.51. The molecule has 0 radical (unpaired) electrons.